The van der Waals surface area contributed by atoms with E-state index in [1.165, 1.54) is 0 Å². The number of benzene rings is 1. The lowest BCUT2D eigenvalue weighted by molar-refractivity contribution is -0.0124. The maximum absolute atomic E-state index is 12.6. The molecule has 0 spiro atoms. The second-order valence-corrected chi connectivity index (χ2v) is 5.47. The summed E-state index contributed by atoms with van der Waals surface area (Å²) in [6.07, 6.45) is 0.0617. The van der Waals surface area contributed by atoms with Crippen LogP contribution in [0.1, 0.15) is 17.3 Å². The van der Waals surface area contributed by atoms with Crippen LogP contribution >= 0.6 is 15.9 Å². The van der Waals surface area contributed by atoms with Crippen molar-refractivity contribution in [3.05, 3.63) is 22.2 Å². The molecule has 6 heteroatoms. The van der Waals surface area contributed by atoms with E-state index in [1.807, 2.05) is 6.92 Å². The molecular formula is C14H18BrNO4. The van der Waals surface area contributed by atoms with Gasteiger partial charge in [0.15, 0.2) is 11.5 Å². The van der Waals surface area contributed by atoms with Crippen LogP contribution < -0.4 is 9.47 Å². The molecule has 20 heavy (non-hydrogen) atoms. The van der Waals surface area contributed by atoms with Crippen LogP contribution in [0.3, 0.4) is 0 Å². The third kappa shape index (κ3) is 3.07. The fourth-order valence-electron chi connectivity index (χ4n) is 2.19. The van der Waals surface area contributed by atoms with Crippen LogP contribution in [0.4, 0.5) is 0 Å². The van der Waals surface area contributed by atoms with E-state index >= 15 is 0 Å². The molecule has 0 radical (unpaired) electrons. The Labute approximate surface area is 126 Å². The van der Waals surface area contributed by atoms with Crippen LogP contribution in [-0.4, -0.2) is 50.8 Å². The molecule has 1 heterocycles. The normalized spacial score (nSPS) is 18.8. The summed E-state index contributed by atoms with van der Waals surface area (Å²) in [5, 5.41) is 0. The average Bonchev–Trinajstić information content (AvgIpc) is 2.46. The van der Waals surface area contributed by atoms with Gasteiger partial charge in [0.1, 0.15) is 0 Å². The van der Waals surface area contributed by atoms with Gasteiger partial charge in [-0.15, -0.1) is 0 Å². The fraction of sp³-hybridized carbons (Fsp3) is 0.500. The van der Waals surface area contributed by atoms with Gasteiger partial charge in [0.2, 0.25) is 0 Å². The molecule has 0 saturated carbocycles. The van der Waals surface area contributed by atoms with Gasteiger partial charge < -0.3 is 19.1 Å². The summed E-state index contributed by atoms with van der Waals surface area (Å²) in [4.78, 5) is 14.4. The number of ether oxygens (including phenoxy) is 3. The van der Waals surface area contributed by atoms with Crippen molar-refractivity contribution in [2.45, 2.75) is 13.0 Å². The minimum Gasteiger partial charge on any atom is -0.493 e. The largest absolute Gasteiger partial charge is 0.493 e. The number of halogens is 1. The van der Waals surface area contributed by atoms with Crippen molar-refractivity contribution in [3.63, 3.8) is 0 Å². The zero-order chi connectivity index (χ0) is 14.7. The van der Waals surface area contributed by atoms with Gasteiger partial charge in [-0.05, 0) is 35.0 Å². The molecule has 5 nitrogen and oxygen atoms in total. The summed E-state index contributed by atoms with van der Waals surface area (Å²) in [7, 11) is 3.12. The third-order valence-electron chi connectivity index (χ3n) is 3.23. The first-order chi connectivity index (χ1) is 9.56. The number of methoxy groups -OCH3 is 2. The van der Waals surface area contributed by atoms with Crippen LogP contribution in [0, 0.1) is 0 Å². The summed E-state index contributed by atoms with van der Waals surface area (Å²) in [5.41, 5.74) is 0.566. The zero-order valence-corrected chi connectivity index (χ0v) is 13.4. The molecule has 1 aromatic rings. The minimum absolute atomic E-state index is 0.0343. The molecule has 1 aliphatic rings. The number of carbonyl (C=O) groups is 1. The maximum Gasteiger partial charge on any atom is 0.255 e. The Hall–Kier alpha value is -1.27. The first-order valence-electron chi connectivity index (χ1n) is 6.39. The van der Waals surface area contributed by atoms with E-state index in [-0.39, 0.29) is 12.0 Å². The number of morpholine rings is 1. The molecule has 1 amide bonds. The van der Waals surface area contributed by atoms with Crippen LogP contribution in [0.5, 0.6) is 11.5 Å². The predicted molar refractivity (Wildman–Crippen MR) is 78.6 cm³/mol. The predicted octanol–water partition coefficient (Wildman–Crippen LogP) is 2.33. The van der Waals surface area contributed by atoms with Gasteiger partial charge in [-0.25, -0.2) is 0 Å². The number of carbonyl (C=O) groups excluding carboxylic acids is 1. The Morgan fingerprint density at radius 1 is 1.35 bits per heavy atom. The molecule has 1 aromatic carbocycles. The summed E-state index contributed by atoms with van der Waals surface area (Å²) < 4.78 is 16.6. The molecule has 1 fully saturated rings. The van der Waals surface area contributed by atoms with Crippen LogP contribution in [-0.2, 0) is 4.74 Å². The van der Waals surface area contributed by atoms with Crippen LogP contribution in [0.2, 0.25) is 0 Å². The lowest BCUT2D eigenvalue weighted by atomic mass is 10.1. The molecule has 1 saturated heterocycles. The third-order valence-corrected chi connectivity index (χ3v) is 3.89. The number of hydrogen-bond acceptors (Lipinski definition) is 4. The van der Waals surface area contributed by atoms with E-state index in [0.29, 0.717) is 41.2 Å². The van der Waals surface area contributed by atoms with Gasteiger partial charge in [-0.1, -0.05) is 0 Å². The Bertz CT molecular complexity index is 506. The Kier molecular flexibility index (Phi) is 4.88. The van der Waals surface area contributed by atoms with Crippen molar-refractivity contribution in [3.8, 4) is 11.5 Å². The highest BCUT2D eigenvalue weighted by molar-refractivity contribution is 9.10. The van der Waals surface area contributed by atoms with E-state index < -0.39 is 0 Å². The first-order valence-corrected chi connectivity index (χ1v) is 7.18. The SMILES string of the molecule is COc1cc(Br)c(C(=O)N2CCO[C@@H](C)C2)cc1OC. The quantitative estimate of drug-likeness (QED) is 0.845. The van der Waals surface area contributed by atoms with Gasteiger partial charge >= 0.3 is 0 Å². The monoisotopic (exact) mass is 343 g/mol. The van der Waals surface area contributed by atoms with Gasteiger partial charge in [-0.3, -0.25) is 4.79 Å². The number of rotatable bonds is 3. The Morgan fingerprint density at radius 2 is 2.00 bits per heavy atom. The molecule has 1 aliphatic heterocycles. The van der Waals surface area contributed by atoms with E-state index in [2.05, 4.69) is 15.9 Å². The molecule has 0 aliphatic carbocycles. The van der Waals surface area contributed by atoms with Crippen molar-refractivity contribution in [1.82, 2.24) is 4.90 Å². The summed E-state index contributed by atoms with van der Waals surface area (Å²) in [6.45, 7) is 3.73. The molecule has 2 rings (SSSR count). The topological polar surface area (TPSA) is 48.0 Å². The molecular weight excluding hydrogens is 326 g/mol. The molecule has 1 atom stereocenters. The minimum atomic E-state index is -0.0343. The highest BCUT2D eigenvalue weighted by atomic mass is 79.9. The average molecular weight is 344 g/mol. The highest BCUT2D eigenvalue weighted by Gasteiger charge is 2.25. The number of hydrogen-bond donors (Lipinski definition) is 0. The second kappa shape index (κ2) is 6.45. The van der Waals surface area contributed by atoms with Crippen molar-refractivity contribution in [2.24, 2.45) is 0 Å². The summed E-state index contributed by atoms with van der Waals surface area (Å²) in [5.74, 6) is 1.10. The van der Waals surface area contributed by atoms with Crippen molar-refractivity contribution < 1.29 is 19.0 Å². The molecule has 0 bridgehead atoms. The van der Waals surface area contributed by atoms with Crippen LogP contribution in [0.15, 0.2) is 16.6 Å². The van der Waals surface area contributed by atoms with E-state index in [4.69, 9.17) is 14.2 Å². The standard InChI is InChI=1S/C14H18BrNO4/c1-9-8-16(4-5-20-9)14(17)10-6-12(18-2)13(19-3)7-11(10)15/h6-7,9H,4-5,8H2,1-3H3/t9-/m0/s1. The molecule has 0 N–H and O–H groups in total. The van der Waals surface area contributed by atoms with E-state index in [0.717, 1.165) is 0 Å². The highest BCUT2D eigenvalue weighted by Crippen LogP contribution is 2.34. The Morgan fingerprint density at radius 3 is 2.60 bits per heavy atom. The van der Waals surface area contributed by atoms with Crippen molar-refractivity contribution in [1.29, 1.82) is 0 Å². The molecule has 0 aromatic heterocycles. The number of nitrogens with zero attached hydrogens (tertiary/aromatic N) is 1. The zero-order valence-electron chi connectivity index (χ0n) is 11.8. The lowest BCUT2D eigenvalue weighted by Gasteiger charge is -2.31. The van der Waals surface area contributed by atoms with E-state index in [9.17, 15) is 4.79 Å². The summed E-state index contributed by atoms with van der Waals surface area (Å²) in [6, 6.07) is 3.45. The molecule has 110 valence electrons. The van der Waals surface area contributed by atoms with Crippen molar-refractivity contribution in [2.75, 3.05) is 33.9 Å². The van der Waals surface area contributed by atoms with Gasteiger partial charge in [0, 0.05) is 17.6 Å². The van der Waals surface area contributed by atoms with Gasteiger partial charge in [0.25, 0.3) is 5.91 Å². The van der Waals surface area contributed by atoms with E-state index in [1.54, 1.807) is 31.3 Å². The fourth-order valence-corrected chi connectivity index (χ4v) is 2.68. The van der Waals surface area contributed by atoms with Crippen molar-refractivity contribution >= 4 is 21.8 Å². The van der Waals surface area contributed by atoms with Gasteiger partial charge in [0.05, 0.1) is 32.5 Å². The number of amides is 1. The summed E-state index contributed by atoms with van der Waals surface area (Å²) >= 11 is 3.42. The lowest BCUT2D eigenvalue weighted by Crippen LogP contribution is -2.44. The molecule has 0 unspecified atom stereocenters. The first kappa shape index (κ1) is 15.1. The second-order valence-electron chi connectivity index (χ2n) is 4.62. The van der Waals surface area contributed by atoms with Crippen LogP contribution in [0.25, 0.3) is 0 Å². The maximum atomic E-state index is 12.6. The smallest absolute Gasteiger partial charge is 0.255 e. The van der Waals surface area contributed by atoms with Gasteiger partial charge in [-0.2, -0.15) is 0 Å². The Balaban J connectivity index is 2.29.